The zero-order chi connectivity index (χ0) is 22.7. The third kappa shape index (κ3) is 4.26. The van der Waals surface area contributed by atoms with Crippen molar-refractivity contribution in [3.05, 3.63) is 83.4 Å². The molecule has 0 saturated carbocycles. The number of aliphatic hydroxyl groups is 2. The normalized spacial score (nSPS) is 14.2. The molecule has 3 aromatic rings. The van der Waals surface area contributed by atoms with Crippen LogP contribution in [-0.4, -0.2) is 42.7 Å². The third-order valence-electron chi connectivity index (χ3n) is 5.78. The molecule has 0 aromatic heterocycles. The molecule has 32 heavy (non-hydrogen) atoms. The van der Waals surface area contributed by atoms with Crippen LogP contribution in [0.3, 0.4) is 0 Å². The second kappa shape index (κ2) is 9.30. The van der Waals surface area contributed by atoms with Gasteiger partial charge in [0.2, 0.25) is 0 Å². The highest BCUT2D eigenvalue weighted by molar-refractivity contribution is 5.79. The van der Waals surface area contributed by atoms with Crippen molar-refractivity contribution in [2.24, 2.45) is 0 Å². The fourth-order valence-corrected chi connectivity index (χ4v) is 4.09. The number of nitrogen functional groups attached to an aromatic ring is 1. The first-order chi connectivity index (χ1) is 15.5. The number of carbonyl (C=O) groups excluding carboxylic acids is 1. The first kappa shape index (κ1) is 21.7. The molecule has 5 N–H and O–H groups in total. The smallest absolute Gasteiger partial charge is 0.407 e. The van der Waals surface area contributed by atoms with Gasteiger partial charge in [0.15, 0.2) is 0 Å². The molecular weight excluding hydrogens is 408 g/mol. The minimum atomic E-state index is -1.29. The quantitative estimate of drug-likeness (QED) is 0.425. The first-order valence-corrected chi connectivity index (χ1v) is 10.4. The van der Waals surface area contributed by atoms with Crippen LogP contribution in [0.2, 0.25) is 0 Å². The summed E-state index contributed by atoms with van der Waals surface area (Å²) in [6.45, 7) is -0.0319. The van der Waals surface area contributed by atoms with E-state index in [9.17, 15) is 15.0 Å². The number of aliphatic hydroxyl groups excluding tert-OH is 2. The van der Waals surface area contributed by atoms with E-state index in [1.54, 1.807) is 18.2 Å². The van der Waals surface area contributed by atoms with E-state index in [1.807, 2.05) is 36.4 Å². The largest absolute Gasteiger partial charge is 0.497 e. The molecule has 7 heteroatoms. The van der Waals surface area contributed by atoms with Crippen LogP contribution >= 0.6 is 0 Å². The Morgan fingerprint density at radius 1 is 1.03 bits per heavy atom. The number of nitrogens with one attached hydrogen (secondary N) is 1. The number of hydrogen-bond donors (Lipinski definition) is 4. The molecule has 1 aliphatic carbocycles. The Kier molecular flexibility index (Phi) is 6.30. The van der Waals surface area contributed by atoms with Crippen molar-refractivity contribution < 1.29 is 24.5 Å². The van der Waals surface area contributed by atoms with E-state index in [2.05, 4.69) is 17.4 Å². The molecule has 0 spiro atoms. The van der Waals surface area contributed by atoms with Gasteiger partial charge in [0.1, 0.15) is 24.6 Å². The molecule has 2 unspecified atom stereocenters. The van der Waals surface area contributed by atoms with Gasteiger partial charge in [0.25, 0.3) is 0 Å². The Labute approximate surface area is 186 Å². The van der Waals surface area contributed by atoms with Crippen LogP contribution in [0.5, 0.6) is 5.75 Å². The van der Waals surface area contributed by atoms with Crippen LogP contribution in [0.25, 0.3) is 11.1 Å². The fraction of sp³-hybridized carbons (Fsp3) is 0.240. The van der Waals surface area contributed by atoms with Crippen molar-refractivity contribution in [1.82, 2.24) is 5.32 Å². The second-order valence-corrected chi connectivity index (χ2v) is 7.71. The van der Waals surface area contributed by atoms with E-state index >= 15 is 0 Å². The summed E-state index contributed by atoms with van der Waals surface area (Å²) in [5, 5.41) is 23.3. The standard InChI is InChI=1S/C25H26N2O5/c1-31-15-10-11-22(26)20(12-15)24(29)23(28)13-27-25(30)32-14-21-18-8-4-2-6-16(18)17-7-3-5-9-19(17)21/h2-12,21,23-24,28-29H,13-14,26H2,1H3,(H,27,30). The lowest BCUT2D eigenvalue weighted by atomic mass is 9.98. The number of fused-ring (bicyclic) bond motifs is 3. The third-order valence-corrected chi connectivity index (χ3v) is 5.78. The summed E-state index contributed by atoms with van der Waals surface area (Å²) in [6.07, 6.45) is -3.24. The second-order valence-electron chi connectivity index (χ2n) is 7.71. The predicted octanol–water partition coefficient (Wildman–Crippen LogP) is 3.21. The SMILES string of the molecule is COc1ccc(N)c(C(O)C(O)CNC(=O)OCC2c3ccccc3-c3ccccc32)c1. The summed E-state index contributed by atoms with van der Waals surface area (Å²) in [7, 11) is 1.50. The Hall–Kier alpha value is -3.55. The molecule has 3 aromatic carbocycles. The van der Waals surface area contributed by atoms with Crippen LogP contribution in [0, 0.1) is 0 Å². The number of methoxy groups -OCH3 is 1. The average molecular weight is 434 g/mol. The number of alkyl carbamates (subject to hydrolysis) is 1. The molecular formula is C25H26N2O5. The minimum absolute atomic E-state index is 0.0553. The lowest BCUT2D eigenvalue weighted by Gasteiger charge is -2.21. The van der Waals surface area contributed by atoms with Gasteiger partial charge in [0, 0.05) is 23.7 Å². The highest BCUT2D eigenvalue weighted by Crippen LogP contribution is 2.44. The van der Waals surface area contributed by atoms with Crippen LogP contribution in [0.4, 0.5) is 10.5 Å². The summed E-state index contributed by atoms with van der Waals surface area (Å²) in [5.41, 5.74) is 11.1. The molecule has 0 radical (unpaired) electrons. The van der Waals surface area contributed by atoms with Gasteiger partial charge < -0.3 is 30.7 Å². The first-order valence-electron chi connectivity index (χ1n) is 10.4. The molecule has 0 fully saturated rings. The van der Waals surface area contributed by atoms with E-state index in [1.165, 1.54) is 7.11 Å². The highest BCUT2D eigenvalue weighted by Gasteiger charge is 2.29. The number of anilines is 1. The average Bonchev–Trinajstić information content (AvgIpc) is 3.14. The molecule has 2 atom stereocenters. The minimum Gasteiger partial charge on any atom is -0.497 e. The Morgan fingerprint density at radius 3 is 2.28 bits per heavy atom. The lowest BCUT2D eigenvalue weighted by Crippen LogP contribution is -2.36. The topological polar surface area (TPSA) is 114 Å². The number of amides is 1. The van der Waals surface area contributed by atoms with E-state index in [0.717, 1.165) is 22.3 Å². The summed E-state index contributed by atoms with van der Waals surface area (Å²) >= 11 is 0. The summed E-state index contributed by atoms with van der Waals surface area (Å²) in [6, 6.07) is 20.9. The molecule has 0 bridgehead atoms. The summed E-state index contributed by atoms with van der Waals surface area (Å²) in [4.78, 5) is 12.3. The number of hydrogen-bond acceptors (Lipinski definition) is 6. The van der Waals surface area contributed by atoms with Crippen LogP contribution < -0.4 is 15.8 Å². The van der Waals surface area contributed by atoms with Gasteiger partial charge in [0.05, 0.1) is 7.11 Å². The summed E-state index contributed by atoms with van der Waals surface area (Å²) in [5.74, 6) is 0.449. The fourth-order valence-electron chi connectivity index (χ4n) is 4.09. The van der Waals surface area contributed by atoms with Gasteiger partial charge in [-0.15, -0.1) is 0 Å². The van der Waals surface area contributed by atoms with Crippen molar-refractivity contribution in [2.75, 3.05) is 26.0 Å². The predicted molar refractivity (Wildman–Crippen MR) is 121 cm³/mol. The monoisotopic (exact) mass is 434 g/mol. The Balaban J connectivity index is 1.35. The van der Waals surface area contributed by atoms with Crippen molar-refractivity contribution in [3.8, 4) is 16.9 Å². The zero-order valence-corrected chi connectivity index (χ0v) is 17.7. The van der Waals surface area contributed by atoms with Gasteiger partial charge in [-0.25, -0.2) is 4.79 Å². The maximum Gasteiger partial charge on any atom is 0.407 e. The van der Waals surface area contributed by atoms with E-state index in [4.69, 9.17) is 15.2 Å². The van der Waals surface area contributed by atoms with E-state index in [0.29, 0.717) is 17.0 Å². The molecule has 7 nitrogen and oxygen atoms in total. The van der Waals surface area contributed by atoms with E-state index < -0.39 is 18.3 Å². The highest BCUT2D eigenvalue weighted by atomic mass is 16.5. The van der Waals surface area contributed by atoms with Crippen molar-refractivity contribution in [1.29, 1.82) is 0 Å². The zero-order valence-electron chi connectivity index (χ0n) is 17.7. The number of benzene rings is 3. The van der Waals surface area contributed by atoms with Gasteiger partial charge in [-0.2, -0.15) is 0 Å². The lowest BCUT2D eigenvalue weighted by molar-refractivity contribution is 0.0189. The maximum absolute atomic E-state index is 12.3. The molecule has 4 rings (SSSR count). The van der Waals surface area contributed by atoms with Gasteiger partial charge in [-0.05, 0) is 40.5 Å². The van der Waals surface area contributed by atoms with E-state index in [-0.39, 0.29) is 19.1 Å². The van der Waals surface area contributed by atoms with Crippen molar-refractivity contribution in [3.63, 3.8) is 0 Å². The molecule has 0 aliphatic heterocycles. The van der Waals surface area contributed by atoms with Crippen LogP contribution in [-0.2, 0) is 4.74 Å². The summed E-state index contributed by atoms with van der Waals surface area (Å²) < 4.78 is 10.6. The molecule has 1 amide bonds. The van der Waals surface area contributed by atoms with Crippen molar-refractivity contribution >= 4 is 11.8 Å². The van der Waals surface area contributed by atoms with Gasteiger partial charge in [-0.3, -0.25) is 0 Å². The molecule has 166 valence electrons. The number of rotatable bonds is 7. The van der Waals surface area contributed by atoms with Gasteiger partial charge in [-0.1, -0.05) is 48.5 Å². The Bertz CT molecular complexity index is 1070. The van der Waals surface area contributed by atoms with Gasteiger partial charge >= 0.3 is 6.09 Å². The van der Waals surface area contributed by atoms with Crippen LogP contribution in [0.1, 0.15) is 28.7 Å². The number of carbonyl (C=O) groups is 1. The maximum atomic E-state index is 12.3. The molecule has 0 heterocycles. The number of ether oxygens (including phenoxy) is 2. The Morgan fingerprint density at radius 2 is 1.66 bits per heavy atom. The molecule has 1 aliphatic rings. The number of nitrogens with two attached hydrogens (primary N) is 1. The molecule has 0 saturated heterocycles. The van der Waals surface area contributed by atoms with Crippen molar-refractivity contribution in [2.45, 2.75) is 18.1 Å². The van der Waals surface area contributed by atoms with Crippen LogP contribution in [0.15, 0.2) is 66.7 Å².